The molecule has 0 saturated heterocycles. The second-order valence-electron chi connectivity index (χ2n) is 2.72. The van der Waals surface area contributed by atoms with Crippen molar-refractivity contribution in [3.63, 3.8) is 0 Å². The zero-order valence-electron chi connectivity index (χ0n) is 7.70. The lowest BCUT2D eigenvalue weighted by atomic mass is 10.1. The third-order valence-electron chi connectivity index (χ3n) is 1.76. The summed E-state index contributed by atoms with van der Waals surface area (Å²) in [4.78, 5) is 0. The van der Waals surface area contributed by atoms with Crippen LogP contribution in [0.3, 0.4) is 0 Å². The number of oxime groups is 1. The fourth-order valence-electron chi connectivity index (χ4n) is 1.04. The molecule has 1 rings (SSSR count). The predicted molar refractivity (Wildman–Crippen MR) is 61.2 cm³/mol. The maximum atomic E-state index is 8.47. The van der Waals surface area contributed by atoms with Crippen molar-refractivity contribution in [1.82, 2.24) is 0 Å². The van der Waals surface area contributed by atoms with E-state index in [4.69, 9.17) is 22.5 Å². The molecule has 0 bridgehead atoms. The molecule has 0 atom stereocenters. The van der Waals surface area contributed by atoms with Crippen LogP contribution in [0.25, 0.3) is 0 Å². The highest BCUT2D eigenvalue weighted by molar-refractivity contribution is 7.97. The molecule has 0 radical (unpaired) electrons. The van der Waals surface area contributed by atoms with Crippen molar-refractivity contribution in [2.45, 2.75) is 5.75 Å². The molecule has 0 amide bonds. The second-order valence-corrected chi connectivity index (χ2v) is 4.00. The van der Waals surface area contributed by atoms with Gasteiger partial charge in [0.25, 0.3) is 0 Å². The van der Waals surface area contributed by atoms with Gasteiger partial charge in [0.1, 0.15) is 0 Å². The van der Waals surface area contributed by atoms with Gasteiger partial charge >= 0.3 is 0 Å². The molecular weight excluding hydrogens is 220 g/mol. The van der Waals surface area contributed by atoms with Gasteiger partial charge in [-0.1, -0.05) is 28.9 Å². The topological polar surface area (TPSA) is 58.6 Å². The molecule has 0 aliphatic heterocycles. The number of halogens is 1. The van der Waals surface area contributed by atoms with E-state index in [9.17, 15) is 0 Å². The number of amidine groups is 1. The fraction of sp³-hybridized carbons (Fsp3) is 0.222. The SMILES string of the molecule is CSCc1ccc(/C(N)=N/O)cc1Cl. The van der Waals surface area contributed by atoms with Gasteiger partial charge < -0.3 is 10.9 Å². The molecule has 3 N–H and O–H groups in total. The summed E-state index contributed by atoms with van der Waals surface area (Å²) in [6, 6.07) is 5.36. The van der Waals surface area contributed by atoms with Crippen molar-refractivity contribution in [2.24, 2.45) is 10.9 Å². The Balaban J connectivity index is 3.00. The average molecular weight is 231 g/mol. The van der Waals surface area contributed by atoms with E-state index >= 15 is 0 Å². The van der Waals surface area contributed by atoms with Gasteiger partial charge in [0.05, 0.1) is 0 Å². The quantitative estimate of drug-likeness (QED) is 0.363. The first kappa shape index (κ1) is 11.2. The molecule has 1 aromatic carbocycles. The Hall–Kier alpha value is -0.870. The smallest absolute Gasteiger partial charge is 0.170 e. The number of rotatable bonds is 3. The van der Waals surface area contributed by atoms with Gasteiger partial charge in [0.15, 0.2) is 5.84 Å². The Bertz CT molecular complexity index is 355. The molecule has 0 aliphatic rings. The minimum atomic E-state index is 0.0719. The minimum absolute atomic E-state index is 0.0719. The van der Waals surface area contributed by atoms with E-state index in [0.717, 1.165) is 11.3 Å². The monoisotopic (exact) mass is 230 g/mol. The number of benzene rings is 1. The molecular formula is C9H11ClN2OS. The van der Waals surface area contributed by atoms with Crippen LogP contribution in [0.4, 0.5) is 0 Å². The van der Waals surface area contributed by atoms with Crippen molar-refractivity contribution in [2.75, 3.05) is 6.26 Å². The first-order valence-corrected chi connectivity index (χ1v) is 5.71. The molecule has 5 heteroatoms. The van der Waals surface area contributed by atoms with Crippen LogP contribution < -0.4 is 5.73 Å². The predicted octanol–water partition coefficient (Wildman–Crippen LogP) is 2.30. The Labute approximate surface area is 91.9 Å². The molecule has 0 spiro atoms. The van der Waals surface area contributed by atoms with Crippen LogP contribution in [0.5, 0.6) is 0 Å². The summed E-state index contributed by atoms with van der Waals surface area (Å²) < 4.78 is 0. The van der Waals surface area contributed by atoms with Gasteiger partial charge in [-0.2, -0.15) is 11.8 Å². The van der Waals surface area contributed by atoms with E-state index in [1.54, 1.807) is 23.9 Å². The molecule has 0 heterocycles. The lowest BCUT2D eigenvalue weighted by Crippen LogP contribution is -2.12. The van der Waals surface area contributed by atoms with Crippen molar-refractivity contribution >= 4 is 29.2 Å². The summed E-state index contributed by atoms with van der Waals surface area (Å²) in [7, 11) is 0. The van der Waals surface area contributed by atoms with Crippen molar-refractivity contribution in [1.29, 1.82) is 0 Å². The minimum Gasteiger partial charge on any atom is -0.409 e. The van der Waals surface area contributed by atoms with Gasteiger partial charge in [-0.25, -0.2) is 0 Å². The Morgan fingerprint density at radius 2 is 2.36 bits per heavy atom. The molecule has 3 nitrogen and oxygen atoms in total. The highest BCUT2D eigenvalue weighted by atomic mass is 35.5. The van der Waals surface area contributed by atoms with Crippen molar-refractivity contribution in [3.05, 3.63) is 34.3 Å². The van der Waals surface area contributed by atoms with Crippen LogP contribution in [0.1, 0.15) is 11.1 Å². The summed E-state index contributed by atoms with van der Waals surface area (Å²) >= 11 is 7.70. The van der Waals surface area contributed by atoms with Gasteiger partial charge in [-0.15, -0.1) is 0 Å². The first-order valence-electron chi connectivity index (χ1n) is 3.94. The van der Waals surface area contributed by atoms with E-state index in [1.165, 1.54) is 0 Å². The summed E-state index contributed by atoms with van der Waals surface area (Å²) in [6.45, 7) is 0. The molecule has 0 aliphatic carbocycles. The van der Waals surface area contributed by atoms with Crippen LogP contribution in [-0.4, -0.2) is 17.3 Å². The number of nitrogens with zero attached hydrogens (tertiary/aromatic N) is 1. The van der Waals surface area contributed by atoms with Crippen LogP contribution >= 0.6 is 23.4 Å². The lowest BCUT2D eigenvalue weighted by Gasteiger charge is -2.04. The molecule has 1 aromatic rings. The van der Waals surface area contributed by atoms with Crippen LogP contribution in [-0.2, 0) is 5.75 Å². The second kappa shape index (κ2) is 5.12. The normalized spacial score (nSPS) is 11.7. The lowest BCUT2D eigenvalue weighted by molar-refractivity contribution is 0.318. The molecule has 0 aromatic heterocycles. The van der Waals surface area contributed by atoms with Crippen LogP contribution in [0, 0.1) is 0 Å². The van der Waals surface area contributed by atoms with Gasteiger partial charge in [-0.3, -0.25) is 0 Å². The van der Waals surface area contributed by atoms with E-state index in [0.29, 0.717) is 10.6 Å². The van der Waals surface area contributed by atoms with E-state index in [1.807, 2.05) is 12.3 Å². The maximum absolute atomic E-state index is 8.47. The highest BCUT2D eigenvalue weighted by Crippen LogP contribution is 2.21. The summed E-state index contributed by atoms with van der Waals surface area (Å²) in [5.41, 5.74) is 7.10. The zero-order valence-corrected chi connectivity index (χ0v) is 9.27. The summed E-state index contributed by atoms with van der Waals surface area (Å²) in [6.07, 6.45) is 2.01. The van der Waals surface area contributed by atoms with E-state index in [2.05, 4.69) is 5.16 Å². The molecule has 76 valence electrons. The standard InChI is InChI=1S/C9H11ClN2OS/c1-14-5-7-3-2-6(4-8(7)10)9(11)12-13/h2-4,13H,5H2,1H3,(H2,11,12). The first-order chi connectivity index (χ1) is 6.69. The third-order valence-corrected chi connectivity index (χ3v) is 2.71. The zero-order chi connectivity index (χ0) is 10.6. The summed E-state index contributed by atoms with van der Waals surface area (Å²) in [5, 5.41) is 12.0. The number of hydrogen-bond donors (Lipinski definition) is 2. The van der Waals surface area contributed by atoms with Crippen molar-refractivity contribution in [3.8, 4) is 0 Å². The third kappa shape index (κ3) is 2.56. The Kier molecular flexibility index (Phi) is 4.10. The molecule has 0 unspecified atom stereocenters. The summed E-state index contributed by atoms with van der Waals surface area (Å²) in [5.74, 6) is 0.928. The Morgan fingerprint density at radius 3 is 2.86 bits per heavy atom. The van der Waals surface area contributed by atoms with Gasteiger partial charge in [-0.05, 0) is 17.9 Å². The van der Waals surface area contributed by atoms with E-state index in [-0.39, 0.29) is 5.84 Å². The van der Waals surface area contributed by atoms with Crippen LogP contribution in [0.2, 0.25) is 5.02 Å². The Morgan fingerprint density at radius 1 is 1.64 bits per heavy atom. The maximum Gasteiger partial charge on any atom is 0.170 e. The number of hydrogen-bond acceptors (Lipinski definition) is 3. The average Bonchev–Trinajstić information content (AvgIpc) is 2.20. The van der Waals surface area contributed by atoms with Gasteiger partial charge in [0.2, 0.25) is 0 Å². The number of thioether (sulfide) groups is 1. The largest absolute Gasteiger partial charge is 0.409 e. The highest BCUT2D eigenvalue weighted by Gasteiger charge is 2.04. The van der Waals surface area contributed by atoms with Crippen molar-refractivity contribution < 1.29 is 5.21 Å². The van der Waals surface area contributed by atoms with Gasteiger partial charge in [0, 0.05) is 16.3 Å². The molecule has 14 heavy (non-hydrogen) atoms. The molecule has 0 saturated carbocycles. The number of nitrogens with two attached hydrogens (primary N) is 1. The fourth-order valence-corrected chi connectivity index (χ4v) is 1.93. The molecule has 0 fully saturated rings. The van der Waals surface area contributed by atoms with Crippen LogP contribution in [0.15, 0.2) is 23.4 Å². The van der Waals surface area contributed by atoms with E-state index < -0.39 is 0 Å².